The molecule has 184 valence electrons. The number of hydrogen-bond acceptors (Lipinski definition) is 4. The summed E-state index contributed by atoms with van der Waals surface area (Å²) in [6.07, 6.45) is 0.960. The minimum atomic E-state index is -1.24. The fraction of sp³-hybridized carbons (Fsp3) is 0.333. The zero-order chi connectivity index (χ0) is 25.7. The highest BCUT2D eigenvalue weighted by atomic mass is 19.1. The fourth-order valence-electron chi connectivity index (χ4n) is 4.32. The summed E-state index contributed by atoms with van der Waals surface area (Å²) in [7, 11) is 1.61. The third-order valence-electron chi connectivity index (χ3n) is 6.07. The van der Waals surface area contributed by atoms with E-state index in [0.717, 1.165) is 0 Å². The average Bonchev–Trinajstić information content (AvgIpc) is 2.92. The molecule has 3 atom stereocenters. The molecular weight excluding hydrogens is 447 g/mol. The highest BCUT2D eigenvalue weighted by Gasteiger charge is 2.36. The Morgan fingerprint density at radius 3 is 2.43 bits per heavy atom. The lowest BCUT2D eigenvalue weighted by Crippen LogP contribution is -2.50. The maximum atomic E-state index is 13.6. The quantitative estimate of drug-likeness (QED) is 0.540. The number of benzodiazepines with no additional fused rings is 1. The third-order valence-corrected chi connectivity index (χ3v) is 6.07. The van der Waals surface area contributed by atoms with Crippen molar-refractivity contribution in [1.82, 2.24) is 5.32 Å². The van der Waals surface area contributed by atoms with E-state index in [0.29, 0.717) is 28.9 Å². The van der Waals surface area contributed by atoms with Crippen molar-refractivity contribution in [2.45, 2.75) is 32.9 Å². The van der Waals surface area contributed by atoms with Gasteiger partial charge in [-0.2, -0.15) is 0 Å². The van der Waals surface area contributed by atoms with Crippen molar-refractivity contribution in [3.63, 3.8) is 0 Å². The van der Waals surface area contributed by atoms with Crippen LogP contribution < -0.4 is 16.0 Å². The molecule has 0 spiro atoms. The van der Waals surface area contributed by atoms with Crippen LogP contribution in [0.15, 0.2) is 66.2 Å². The number of nitrogens with two attached hydrogens (primary N) is 1. The number of halogens is 1. The molecule has 3 N–H and O–H groups in total. The van der Waals surface area contributed by atoms with Crippen molar-refractivity contribution in [1.29, 1.82) is 0 Å². The van der Waals surface area contributed by atoms with Crippen molar-refractivity contribution in [3.8, 4) is 0 Å². The van der Waals surface area contributed by atoms with Crippen LogP contribution in [0.3, 0.4) is 0 Å². The number of amides is 3. The smallest absolute Gasteiger partial charge is 0.272 e. The monoisotopic (exact) mass is 478 g/mol. The first kappa shape index (κ1) is 25.8. The molecule has 7 nitrogen and oxygen atoms in total. The molecule has 3 unspecified atom stereocenters. The Kier molecular flexibility index (Phi) is 8.17. The number of carbonyl (C=O) groups excluding carboxylic acids is 3. The Hall–Kier alpha value is -3.81. The normalized spacial score (nSPS) is 17.2. The van der Waals surface area contributed by atoms with Gasteiger partial charge >= 0.3 is 0 Å². The van der Waals surface area contributed by atoms with Crippen molar-refractivity contribution >= 4 is 29.1 Å². The van der Waals surface area contributed by atoms with Gasteiger partial charge in [-0.1, -0.05) is 38.1 Å². The molecule has 0 aliphatic carbocycles. The lowest BCUT2D eigenvalue weighted by molar-refractivity contribution is -0.135. The zero-order valence-electron chi connectivity index (χ0n) is 20.2. The van der Waals surface area contributed by atoms with E-state index in [-0.39, 0.29) is 12.3 Å². The average molecular weight is 479 g/mol. The second kappa shape index (κ2) is 11.1. The van der Waals surface area contributed by atoms with Crippen LogP contribution in [0.5, 0.6) is 0 Å². The molecule has 3 amide bonds. The lowest BCUT2D eigenvalue weighted by atomic mass is 9.82. The molecule has 0 fully saturated rings. The number of fused-ring (bicyclic) bond motifs is 1. The Balaban J connectivity index is 2.05. The molecule has 1 aliphatic rings. The van der Waals surface area contributed by atoms with Crippen molar-refractivity contribution in [3.05, 3.63) is 78.1 Å². The largest absolute Gasteiger partial charge is 0.369 e. The van der Waals surface area contributed by atoms with Gasteiger partial charge in [0.1, 0.15) is 5.82 Å². The van der Waals surface area contributed by atoms with Crippen LogP contribution in [-0.4, -0.2) is 36.6 Å². The summed E-state index contributed by atoms with van der Waals surface area (Å²) in [6.45, 7) is 7.56. The van der Waals surface area contributed by atoms with Crippen LogP contribution in [0.4, 0.5) is 10.1 Å². The van der Waals surface area contributed by atoms with Gasteiger partial charge in [0.15, 0.2) is 0 Å². The van der Waals surface area contributed by atoms with Gasteiger partial charge in [-0.15, -0.1) is 6.58 Å². The van der Waals surface area contributed by atoms with Gasteiger partial charge in [0, 0.05) is 18.2 Å². The molecule has 2 aromatic carbocycles. The molecule has 0 bridgehead atoms. The van der Waals surface area contributed by atoms with E-state index in [4.69, 9.17) is 5.73 Å². The number of benzene rings is 2. The Morgan fingerprint density at radius 2 is 1.83 bits per heavy atom. The predicted molar refractivity (Wildman–Crippen MR) is 134 cm³/mol. The van der Waals surface area contributed by atoms with Crippen LogP contribution in [0.2, 0.25) is 0 Å². The Bertz CT molecular complexity index is 1140. The molecule has 2 aromatic rings. The van der Waals surface area contributed by atoms with Crippen LogP contribution >= 0.6 is 0 Å². The first-order chi connectivity index (χ1) is 16.6. The minimum absolute atomic E-state index is 0.104. The number of carbonyl (C=O) groups is 3. The standard InChI is InChI=1S/C27H31FN4O3/c1-5-8-19(24(29)33)21(15-16(2)3)26(34)31-25-27(35)32(4)22-10-7-6-9-20(22)23(30-25)17-11-13-18(28)14-12-17/h5-7,9-14,16,19,21,25H,1,8,15H2,2-4H3,(H2,29,33)(H,31,34). The van der Waals surface area contributed by atoms with E-state index < -0.39 is 41.5 Å². The van der Waals surface area contributed by atoms with Gasteiger partial charge in [-0.05, 0) is 49.1 Å². The number of hydrogen-bond donors (Lipinski definition) is 2. The molecule has 0 saturated heterocycles. The Labute approximate surface area is 204 Å². The number of anilines is 1. The molecule has 0 aromatic heterocycles. The van der Waals surface area contributed by atoms with Crippen LogP contribution in [0.25, 0.3) is 0 Å². The maximum Gasteiger partial charge on any atom is 0.272 e. The van der Waals surface area contributed by atoms with Crippen LogP contribution in [-0.2, 0) is 14.4 Å². The van der Waals surface area contributed by atoms with E-state index >= 15 is 0 Å². The van der Waals surface area contributed by atoms with Gasteiger partial charge in [0.25, 0.3) is 5.91 Å². The van der Waals surface area contributed by atoms with Crippen molar-refractivity contribution < 1.29 is 18.8 Å². The number of nitrogens with zero attached hydrogens (tertiary/aromatic N) is 2. The second-order valence-electron chi connectivity index (χ2n) is 9.08. The van der Waals surface area contributed by atoms with Crippen molar-refractivity contribution in [2.75, 3.05) is 11.9 Å². The van der Waals surface area contributed by atoms with E-state index in [1.54, 1.807) is 37.4 Å². The number of para-hydroxylation sites is 1. The van der Waals surface area contributed by atoms with E-state index in [2.05, 4.69) is 16.9 Å². The summed E-state index contributed by atoms with van der Waals surface area (Å²) in [6, 6.07) is 13.0. The first-order valence-corrected chi connectivity index (χ1v) is 11.5. The summed E-state index contributed by atoms with van der Waals surface area (Å²) >= 11 is 0. The summed E-state index contributed by atoms with van der Waals surface area (Å²) in [5.74, 6) is -3.32. The molecule has 1 heterocycles. The van der Waals surface area contributed by atoms with Crippen molar-refractivity contribution in [2.24, 2.45) is 28.5 Å². The highest BCUT2D eigenvalue weighted by molar-refractivity contribution is 6.20. The van der Waals surface area contributed by atoms with E-state index in [9.17, 15) is 18.8 Å². The number of allylic oxidation sites excluding steroid dienone is 1. The topological polar surface area (TPSA) is 105 Å². The number of primary amides is 1. The summed E-state index contributed by atoms with van der Waals surface area (Å²) in [4.78, 5) is 45.1. The predicted octanol–water partition coefficient (Wildman–Crippen LogP) is 3.42. The van der Waals surface area contributed by atoms with Crippen LogP contribution in [0, 0.1) is 23.6 Å². The molecule has 35 heavy (non-hydrogen) atoms. The third kappa shape index (κ3) is 5.82. The Morgan fingerprint density at radius 1 is 1.17 bits per heavy atom. The summed E-state index contributed by atoms with van der Waals surface area (Å²) in [5.41, 5.74) is 7.94. The zero-order valence-corrected chi connectivity index (χ0v) is 20.2. The van der Waals surface area contributed by atoms with Gasteiger partial charge in [-0.3, -0.25) is 14.4 Å². The molecular formula is C27H31FN4O3. The summed E-state index contributed by atoms with van der Waals surface area (Å²) in [5, 5.41) is 2.75. The van der Waals surface area contributed by atoms with Gasteiger partial charge in [0.05, 0.1) is 23.2 Å². The molecule has 3 rings (SSSR count). The van der Waals surface area contributed by atoms with E-state index in [1.807, 2.05) is 26.0 Å². The molecule has 0 saturated carbocycles. The summed E-state index contributed by atoms with van der Waals surface area (Å²) < 4.78 is 13.6. The van der Waals surface area contributed by atoms with Gasteiger partial charge in [0.2, 0.25) is 18.0 Å². The minimum Gasteiger partial charge on any atom is -0.369 e. The number of aliphatic imine (C=N–C) groups is 1. The maximum absolute atomic E-state index is 13.6. The molecule has 1 aliphatic heterocycles. The highest BCUT2D eigenvalue weighted by Crippen LogP contribution is 2.28. The number of likely N-dealkylation sites (N-methyl/N-ethyl adjacent to an activating group) is 1. The van der Waals surface area contributed by atoms with E-state index in [1.165, 1.54) is 17.0 Å². The number of nitrogens with one attached hydrogen (secondary N) is 1. The van der Waals surface area contributed by atoms with Gasteiger partial charge in [-0.25, -0.2) is 9.38 Å². The van der Waals surface area contributed by atoms with Gasteiger partial charge < -0.3 is 16.0 Å². The first-order valence-electron chi connectivity index (χ1n) is 11.5. The SMILES string of the molecule is C=CCC(C(N)=O)C(CC(C)C)C(=O)NC1N=C(c2ccc(F)cc2)c2ccccc2N(C)C1=O. The fourth-order valence-corrected chi connectivity index (χ4v) is 4.32. The number of rotatable bonds is 9. The lowest BCUT2D eigenvalue weighted by Gasteiger charge is -2.27. The molecule has 8 heteroatoms. The van der Waals surface area contributed by atoms with Crippen LogP contribution in [0.1, 0.15) is 37.8 Å². The molecule has 0 radical (unpaired) electrons. The second-order valence-corrected chi connectivity index (χ2v) is 9.08.